The van der Waals surface area contributed by atoms with E-state index in [1.165, 1.54) is 23.1 Å². The van der Waals surface area contributed by atoms with Crippen molar-refractivity contribution in [3.8, 4) is 11.5 Å². The number of amides is 1. The molecule has 212 valence electrons. The van der Waals surface area contributed by atoms with E-state index in [0.717, 1.165) is 24.3 Å². The van der Waals surface area contributed by atoms with Gasteiger partial charge in [-0.2, -0.15) is 30.7 Å². The van der Waals surface area contributed by atoms with Gasteiger partial charge in [0.05, 0.1) is 5.56 Å². The van der Waals surface area contributed by atoms with Gasteiger partial charge in [0.15, 0.2) is 11.5 Å². The number of nitrogens with two attached hydrogens (primary N) is 1. The fourth-order valence-corrected chi connectivity index (χ4v) is 3.91. The van der Waals surface area contributed by atoms with Crippen molar-refractivity contribution >= 4 is 24.0 Å². The van der Waals surface area contributed by atoms with Gasteiger partial charge in [-0.3, -0.25) is 4.79 Å². The number of hydrogen-bond donors (Lipinski definition) is 1. The number of ether oxygens (including phenoxy) is 2. The third-order valence-electron chi connectivity index (χ3n) is 5.53. The van der Waals surface area contributed by atoms with E-state index in [0.29, 0.717) is 24.0 Å². The zero-order valence-corrected chi connectivity index (χ0v) is 20.9. The summed E-state index contributed by atoms with van der Waals surface area (Å²) in [6, 6.07) is 15.1. The molecule has 39 heavy (non-hydrogen) atoms. The van der Waals surface area contributed by atoms with Crippen molar-refractivity contribution in [3.63, 3.8) is 0 Å². The zero-order valence-electron chi connectivity index (χ0n) is 20.1. The lowest BCUT2D eigenvalue weighted by Crippen LogP contribution is -2.38. The molecule has 13 heteroatoms. The van der Waals surface area contributed by atoms with Crippen LogP contribution in [0.15, 0.2) is 72.8 Å². The molecule has 0 heterocycles. The van der Waals surface area contributed by atoms with Crippen LogP contribution >= 0.6 is 12.4 Å². The first kappa shape index (κ1) is 31.5. The quantitative estimate of drug-likeness (QED) is 0.234. The first-order valence-corrected chi connectivity index (χ1v) is 11.3. The van der Waals surface area contributed by atoms with E-state index >= 15 is 0 Å². The predicted molar refractivity (Wildman–Crippen MR) is 132 cm³/mol. The summed E-state index contributed by atoms with van der Waals surface area (Å²) in [5.74, 6) is -2.10. The molecule has 5 nitrogen and oxygen atoms in total. The molecule has 0 aliphatic heterocycles. The number of nitrogens with zero attached hydrogens (tertiary/aromatic N) is 1. The number of halogens is 8. The minimum absolute atomic E-state index is 0. The van der Waals surface area contributed by atoms with Crippen molar-refractivity contribution < 1.29 is 45.0 Å². The lowest BCUT2D eigenvalue weighted by atomic mass is 10.0. The Hall–Kier alpha value is -3.67. The first-order valence-electron chi connectivity index (χ1n) is 11.3. The average molecular weight is 581 g/mol. The molecule has 0 aromatic heterocycles. The van der Waals surface area contributed by atoms with Gasteiger partial charge in [-0.1, -0.05) is 42.5 Å². The summed E-state index contributed by atoms with van der Waals surface area (Å²) in [6.07, 6.45) is -3.86. The van der Waals surface area contributed by atoms with Gasteiger partial charge in [-0.15, -0.1) is 12.4 Å². The standard InChI is InChI=1S/C26H23F7N2O3.ClH/c27-24(28)37-20-13-12-19(15-21(20)38-25(29)30)35(22(23(34)36)17-6-2-1-3-7-17)14-4-5-16-8-10-18(11-9-16)26(31,32)33;/h1-3,6-13,15,22,24-25H,4-5,14H2,(H2,34,36);1H/t22-;/m1./s1. The van der Waals surface area contributed by atoms with Crippen molar-refractivity contribution in [2.24, 2.45) is 5.73 Å². The highest BCUT2D eigenvalue weighted by molar-refractivity contribution is 5.86. The molecule has 1 atom stereocenters. The van der Waals surface area contributed by atoms with Crippen molar-refractivity contribution in [2.45, 2.75) is 38.3 Å². The van der Waals surface area contributed by atoms with Gasteiger partial charge in [-0.25, -0.2) is 0 Å². The van der Waals surface area contributed by atoms with Crippen LogP contribution in [0, 0.1) is 0 Å². The number of primary amides is 1. The molecule has 0 saturated carbocycles. The number of aryl methyl sites for hydroxylation is 1. The summed E-state index contributed by atoms with van der Waals surface area (Å²) in [5, 5.41) is 0. The zero-order chi connectivity index (χ0) is 27.9. The fraction of sp³-hybridized carbons (Fsp3) is 0.269. The number of hydrogen-bond acceptors (Lipinski definition) is 4. The van der Waals surface area contributed by atoms with Gasteiger partial charge in [0.2, 0.25) is 5.91 Å². The summed E-state index contributed by atoms with van der Waals surface area (Å²) >= 11 is 0. The highest BCUT2D eigenvalue weighted by Crippen LogP contribution is 2.37. The number of anilines is 1. The normalized spacial score (nSPS) is 12.1. The van der Waals surface area contributed by atoms with Crippen LogP contribution in [-0.4, -0.2) is 25.7 Å². The lowest BCUT2D eigenvalue weighted by Gasteiger charge is -2.32. The Balaban J connectivity index is 0.00000533. The summed E-state index contributed by atoms with van der Waals surface area (Å²) in [7, 11) is 0. The topological polar surface area (TPSA) is 64.8 Å². The molecular weight excluding hydrogens is 557 g/mol. The number of benzene rings is 3. The Bertz CT molecular complexity index is 1200. The third kappa shape index (κ3) is 8.95. The molecule has 0 spiro atoms. The highest BCUT2D eigenvalue weighted by Gasteiger charge is 2.30. The molecule has 0 fully saturated rings. The molecule has 3 aromatic carbocycles. The average Bonchev–Trinajstić information content (AvgIpc) is 2.84. The highest BCUT2D eigenvalue weighted by atomic mass is 35.5. The summed E-state index contributed by atoms with van der Waals surface area (Å²) in [5.41, 5.74) is 6.11. The van der Waals surface area contributed by atoms with Crippen molar-refractivity contribution in [2.75, 3.05) is 11.4 Å². The van der Waals surface area contributed by atoms with E-state index in [9.17, 15) is 35.5 Å². The van der Waals surface area contributed by atoms with Gasteiger partial charge >= 0.3 is 19.4 Å². The Morgan fingerprint density at radius 3 is 1.97 bits per heavy atom. The van der Waals surface area contributed by atoms with E-state index in [2.05, 4.69) is 9.47 Å². The Kier molecular flexibility index (Phi) is 11.3. The minimum atomic E-state index is -4.47. The van der Waals surface area contributed by atoms with Crippen LogP contribution in [0.2, 0.25) is 0 Å². The molecule has 0 saturated heterocycles. The van der Waals surface area contributed by atoms with Crippen LogP contribution in [0.1, 0.15) is 29.2 Å². The number of carbonyl (C=O) groups excluding carboxylic acids is 1. The molecule has 0 aliphatic rings. The molecule has 0 bridgehead atoms. The molecule has 1 amide bonds. The SMILES string of the molecule is Cl.NC(=O)[C@@H](c1ccccc1)N(CCCc1ccc(C(F)(F)F)cc1)c1ccc(OC(F)F)c(OC(F)F)c1. The second kappa shape index (κ2) is 13.9. The second-order valence-corrected chi connectivity index (χ2v) is 8.10. The van der Waals surface area contributed by atoms with Crippen molar-refractivity contribution in [1.29, 1.82) is 0 Å². The second-order valence-electron chi connectivity index (χ2n) is 8.10. The molecule has 0 unspecified atom stereocenters. The monoisotopic (exact) mass is 580 g/mol. The van der Waals surface area contributed by atoms with E-state index < -0.39 is 48.4 Å². The Morgan fingerprint density at radius 2 is 1.44 bits per heavy atom. The van der Waals surface area contributed by atoms with Crippen LogP contribution < -0.4 is 20.1 Å². The van der Waals surface area contributed by atoms with Gasteiger partial charge < -0.3 is 20.1 Å². The Morgan fingerprint density at radius 1 is 0.846 bits per heavy atom. The first-order chi connectivity index (χ1) is 18.0. The molecule has 0 radical (unpaired) electrons. The third-order valence-corrected chi connectivity index (χ3v) is 5.53. The molecule has 0 aliphatic carbocycles. The van der Waals surface area contributed by atoms with Gasteiger partial charge in [0, 0.05) is 18.3 Å². The molecule has 2 N–H and O–H groups in total. The molecular formula is C26H24ClF7N2O3. The van der Waals surface area contributed by atoms with Crippen molar-refractivity contribution in [3.05, 3.63) is 89.5 Å². The van der Waals surface area contributed by atoms with E-state index in [4.69, 9.17) is 5.73 Å². The van der Waals surface area contributed by atoms with E-state index in [1.807, 2.05) is 0 Å². The number of rotatable bonds is 12. The summed E-state index contributed by atoms with van der Waals surface area (Å²) in [4.78, 5) is 14.0. The minimum Gasteiger partial charge on any atom is -0.431 e. The van der Waals surface area contributed by atoms with Crippen LogP contribution in [-0.2, 0) is 17.4 Å². The van der Waals surface area contributed by atoms with Crippen LogP contribution in [0.4, 0.5) is 36.4 Å². The molecule has 3 aromatic rings. The number of alkyl halides is 7. The van der Waals surface area contributed by atoms with E-state index in [1.54, 1.807) is 30.3 Å². The van der Waals surface area contributed by atoms with Crippen LogP contribution in [0.25, 0.3) is 0 Å². The molecule has 3 rings (SSSR count). The van der Waals surface area contributed by atoms with Crippen molar-refractivity contribution in [1.82, 2.24) is 0 Å². The number of carbonyl (C=O) groups is 1. The Labute approximate surface area is 225 Å². The van der Waals surface area contributed by atoms with Gasteiger partial charge in [0.1, 0.15) is 6.04 Å². The predicted octanol–water partition coefficient (Wildman–Crippen LogP) is 7.00. The maximum Gasteiger partial charge on any atom is 0.416 e. The van der Waals surface area contributed by atoms with E-state index in [-0.39, 0.29) is 24.6 Å². The maximum atomic E-state index is 13.0. The summed E-state index contributed by atoms with van der Waals surface area (Å²) in [6.45, 7) is -6.56. The van der Waals surface area contributed by atoms with Gasteiger partial charge in [0.25, 0.3) is 0 Å². The van der Waals surface area contributed by atoms with Gasteiger partial charge in [-0.05, 0) is 48.2 Å². The largest absolute Gasteiger partial charge is 0.431 e. The smallest absolute Gasteiger partial charge is 0.416 e. The maximum absolute atomic E-state index is 13.0. The fourth-order valence-electron chi connectivity index (χ4n) is 3.91. The lowest BCUT2D eigenvalue weighted by molar-refractivity contribution is -0.137. The van der Waals surface area contributed by atoms with Crippen LogP contribution in [0.5, 0.6) is 11.5 Å². The summed E-state index contributed by atoms with van der Waals surface area (Å²) < 4.78 is 98.7. The van der Waals surface area contributed by atoms with Crippen LogP contribution in [0.3, 0.4) is 0 Å².